The minimum Gasteiger partial charge on any atom is -0.465 e. The fraction of sp³-hybridized carbons (Fsp3) is 0.929. The van der Waals surface area contributed by atoms with Gasteiger partial charge >= 0.3 is 5.97 Å². The van der Waals surface area contributed by atoms with Crippen LogP contribution in [0.4, 0.5) is 0 Å². The van der Waals surface area contributed by atoms with E-state index >= 15 is 0 Å². The molecule has 1 heterocycles. The number of hydrogen-bond acceptors (Lipinski definition) is 5. The topological polar surface area (TPSA) is 64.8 Å². The van der Waals surface area contributed by atoms with Gasteiger partial charge in [0.15, 0.2) is 0 Å². The lowest BCUT2D eigenvalue weighted by Gasteiger charge is -2.35. The van der Waals surface area contributed by atoms with Crippen LogP contribution in [-0.4, -0.2) is 55.4 Å². The molecule has 0 spiro atoms. The van der Waals surface area contributed by atoms with Gasteiger partial charge in [-0.1, -0.05) is 0 Å². The first kappa shape index (κ1) is 14.8. The third kappa shape index (κ3) is 3.09. The van der Waals surface area contributed by atoms with Crippen LogP contribution in [0.25, 0.3) is 0 Å². The first-order valence-electron chi connectivity index (χ1n) is 7.27. The highest BCUT2D eigenvalue weighted by Crippen LogP contribution is 2.40. The summed E-state index contributed by atoms with van der Waals surface area (Å²) in [6, 6.07) is 0.344. The Bertz CT molecular complexity index is 333. The molecule has 3 unspecified atom stereocenters. The highest BCUT2D eigenvalue weighted by molar-refractivity contribution is 5.82. The Morgan fingerprint density at radius 3 is 2.63 bits per heavy atom. The molecule has 5 nitrogen and oxygen atoms in total. The van der Waals surface area contributed by atoms with Gasteiger partial charge in [0.25, 0.3) is 0 Å². The zero-order valence-corrected chi connectivity index (χ0v) is 12.2. The average Bonchev–Trinajstić information content (AvgIpc) is 3.12. The van der Waals surface area contributed by atoms with E-state index in [0.717, 1.165) is 25.9 Å². The van der Waals surface area contributed by atoms with Crippen molar-refractivity contribution in [3.63, 3.8) is 0 Å². The summed E-state index contributed by atoms with van der Waals surface area (Å²) in [4.78, 5) is 14.3. The van der Waals surface area contributed by atoms with Crippen molar-refractivity contribution in [3.8, 4) is 0 Å². The van der Waals surface area contributed by atoms with E-state index in [0.29, 0.717) is 19.2 Å². The van der Waals surface area contributed by atoms with Crippen molar-refractivity contribution >= 4 is 5.97 Å². The molecule has 0 aromatic rings. The normalized spacial score (nSPS) is 30.4. The monoisotopic (exact) mass is 270 g/mol. The molecule has 3 atom stereocenters. The molecule has 1 aliphatic heterocycles. The molecule has 2 aliphatic rings. The highest BCUT2D eigenvalue weighted by Gasteiger charge is 2.50. The summed E-state index contributed by atoms with van der Waals surface area (Å²) in [6.07, 6.45) is 3.26. The number of carbonyl (C=O) groups is 1. The van der Waals surface area contributed by atoms with Crippen molar-refractivity contribution in [1.29, 1.82) is 0 Å². The summed E-state index contributed by atoms with van der Waals surface area (Å²) in [5, 5.41) is 0. The fourth-order valence-corrected chi connectivity index (χ4v) is 3.05. The minimum absolute atomic E-state index is 0.204. The standard InChI is InChI=1S/C14H26N2O3/c1-4-18-13(17)14(15,11-5-6-11)9-16(3)12-7-8-19-10(12)2/h10-12H,4-9,15H2,1-3H3. The number of rotatable bonds is 6. The molecule has 1 saturated heterocycles. The van der Waals surface area contributed by atoms with Crippen molar-refractivity contribution in [1.82, 2.24) is 4.90 Å². The largest absolute Gasteiger partial charge is 0.465 e. The van der Waals surface area contributed by atoms with Crippen molar-refractivity contribution < 1.29 is 14.3 Å². The maximum absolute atomic E-state index is 12.2. The predicted molar refractivity (Wildman–Crippen MR) is 72.7 cm³/mol. The Morgan fingerprint density at radius 1 is 1.47 bits per heavy atom. The Kier molecular flexibility index (Phi) is 4.48. The number of hydrogen-bond donors (Lipinski definition) is 1. The summed E-state index contributed by atoms with van der Waals surface area (Å²) in [5.41, 5.74) is 5.54. The molecule has 2 rings (SSSR count). The summed E-state index contributed by atoms with van der Waals surface area (Å²) in [7, 11) is 2.03. The Morgan fingerprint density at radius 2 is 2.16 bits per heavy atom. The van der Waals surface area contributed by atoms with Gasteiger partial charge in [0.05, 0.1) is 12.7 Å². The van der Waals surface area contributed by atoms with Crippen LogP contribution in [0.1, 0.15) is 33.1 Å². The van der Waals surface area contributed by atoms with E-state index in [1.807, 2.05) is 14.0 Å². The van der Waals surface area contributed by atoms with Crippen molar-refractivity contribution in [3.05, 3.63) is 0 Å². The number of nitrogens with two attached hydrogens (primary N) is 1. The highest BCUT2D eigenvalue weighted by atomic mass is 16.5. The summed E-state index contributed by atoms with van der Waals surface area (Å²) in [6.45, 7) is 5.62. The number of nitrogens with zero attached hydrogens (tertiary/aromatic N) is 1. The molecule has 1 aliphatic carbocycles. The quantitative estimate of drug-likeness (QED) is 0.722. The van der Waals surface area contributed by atoms with Crippen LogP contribution in [-0.2, 0) is 14.3 Å². The number of likely N-dealkylation sites (N-methyl/N-ethyl adjacent to an activating group) is 1. The van der Waals surface area contributed by atoms with E-state index in [1.54, 1.807) is 0 Å². The number of esters is 1. The lowest BCUT2D eigenvalue weighted by atomic mass is 9.92. The Balaban J connectivity index is 2.01. The van der Waals surface area contributed by atoms with Gasteiger partial charge in [-0.05, 0) is 46.1 Å². The molecular formula is C14H26N2O3. The van der Waals surface area contributed by atoms with Gasteiger partial charge in [0, 0.05) is 19.2 Å². The molecule has 0 aromatic heterocycles. The second kappa shape index (κ2) is 5.77. The Hall–Kier alpha value is -0.650. The fourth-order valence-electron chi connectivity index (χ4n) is 3.05. The molecule has 1 saturated carbocycles. The lowest BCUT2D eigenvalue weighted by molar-refractivity contribution is -0.151. The first-order valence-corrected chi connectivity index (χ1v) is 7.27. The van der Waals surface area contributed by atoms with Crippen LogP contribution >= 0.6 is 0 Å². The van der Waals surface area contributed by atoms with Gasteiger partial charge in [-0.25, -0.2) is 4.79 Å². The zero-order valence-electron chi connectivity index (χ0n) is 12.2. The first-order chi connectivity index (χ1) is 8.99. The van der Waals surface area contributed by atoms with Crippen LogP contribution in [0.15, 0.2) is 0 Å². The smallest absolute Gasteiger partial charge is 0.327 e. The van der Waals surface area contributed by atoms with Crippen LogP contribution in [0.5, 0.6) is 0 Å². The SMILES string of the molecule is CCOC(=O)C(N)(CN(C)C1CCOC1C)C1CC1. The van der Waals surface area contributed by atoms with Gasteiger partial charge in [0.2, 0.25) is 0 Å². The van der Waals surface area contributed by atoms with E-state index < -0.39 is 5.54 Å². The second-order valence-corrected chi connectivity index (χ2v) is 5.88. The van der Waals surface area contributed by atoms with E-state index in [9.17, 15) is 4.79 Å². The lowest BCUT2D eigenvalue weighted by Crippen LogP contribution is -2.60. The van der Waals surface area contributed by atoms with Crippen molar-refractivity contribution in [2.24, 2.45) is 11.7 Å². The van der Waals surface area contributed by atoms with E-state index in [1.165, 1.54) is 0 Å². The molecule has 2 N–H and O–H groups in total. The molecule has 0 bridgehead atoms. The molecular weight excluding hydrogens is 244 g/mol. The van der Waals surface area contributed by atoms with Crippen molar-refractivity contribution in [2.45, 2.75) is 50.8 Å². The third-order valence-electron chi connectivity index (χ3n) is 4.37. The van der Waals surface area contributed by atoms with Gasteiger partial charge in [0.1, 0.15) is 5.54 Å². The maximum Gasteiger partial charge on any atom is 0.327 e. The third-order valence-corrected chi connectivity index (χ3v) is 4.37. The van der Waals surface area contributed by atoms with Gasteiger partial charge in [-0.3, -0.25) is 4.90 Å². The predicted octanol–water partition coefficient (Wildman–Crippen LogP) is 0.766. The minimum atomic E-state index is -0.854. The van der Waals surface area contributed by atoms with E-state index in [-0.39, 0.29) is 18.0 Å². The van der Waals surface area contributed by atoms with Crippen LogP contribution < -0.4 is 5.73 Å². The van der Waals surface area contributed by atoms with Gasteiger partial charge in [-0.2, -0.15) is 0 Å². The number of ether oxygens (including phenoxy) is 2. The average molecular weight is 270 g/mol. The zero-order chi connectivity index (χ0) is 14.0. The van der Waals surface area contributed by atoms with E-state index in [4.69, 9.17) is 15.2 Å². The Labute approximate surface area is 115 Å². The van der Waals surface area contributed by atoms with E-state index in [2.05, 4.69) is 11.8 Å². The maximum atomic E-state index is 12.2. The molecule has 0 amide bonds. The summed E-state index contributed by atoms with van der Waals surface area (Å²) < 4.78 is 10.8. The van der Waals surface area contributed by atoms with Crippen LogP contribution in [0, 0.1) is 5.92 Å². The number of carbonyl (C=O) groups excluding carboxylic acids is 1. The van der Waals surface area contributed by atoms with Gasteiger partial charge < -0.3 is 15.2 Å². The molecule has 2 fully saturated rings. The molecule has 0 radical (unpaired) electrons. The van der Waals surface area contributed by atoms with Crippen molar-refractivity contribution in [2.75, 3.05) is 26.8 Å². The molecule has 19 heavy (non-hydrogen) atoms. The summed E-state index contributed by atoms with van der Waals surface area (Å²) in [5.74, 6) is 0.0162. The van der Waals surface area contributed by atoms with Gasteiger partial charge in [-0.15, -0.1) is 0 Å². The van der Waals surface area contributed by atoms with Crippen LogP contribution in [0.2, 0.25) is 0 Å². The second-order valence-electron chi connectivity index (χ2n) is 5.88. The molecule has 0 aromatic carbocycles. The molecule has 5 heteroatoms. The summed E-state index contributed by atoms with van der Waals surface area (Å²) >= 11 is 0. The molecule has 110 valence electrons. The van der Waals surface area contributed by atoms with Crippen LogP contribution in [0.3, 0.4) is 0 Å².